The molecule has 1 aliphatic rings. The molecule has 0 spiro atoms. The lowest BCUT2D eigenvalue weighted by atomic mass is 9.70. The van der Waals surface area contributed by atoms with E-state index in [1.165, 1.54) is 0 Å². The molecule has 1 fully saturated rings. The number of halogens is 1. The fourth-order valence-electron chi connectivity index (χ4n) is 2.21. The van der Waals surface area contributed by atoms with Crippen LogP contribution in [0.1, 0.15) is 46.5 Å². The van der Waals surface area contributed by atoms with Gasteiger partial charge in [0.05, 0.1) is 5.92 Å². The Morgan fingerprint density at radius 3 is 1.86 bits per heavy atom. The minimum atomic E-state index is -0.604. The van der Waals surface area contributed by atoms with Crippen LogP contribution in [-0.2, 0) is 4.79 Å². The third kappa shape index (κ3) is 3.49. The van der Waals surface area contributed by atoms with E-state index in [4.69, 9.17) is 5.11 Å². The Bertz CT molecular complexity index is 188. The second kappa shape index (κ2) is 5.01. The number of rotatable bonds is 1. The SMILES string of the molecule is CC(C)(C)C1CCC(C(=O)O)CC1.Cl. The Morgan fingerprint density at radius 1 is 1.14 bits per heavy atom. The Labute approximate surface area is 92.5 Å². The van der Waals surface area contributed by atoms with Gasteiger partial charge in [-0.25, -0.2) is 0 Å². The van der Waals surface area contributed by atoms with E-state index in [0.29, 0.717) is 11.3 Å². The summed E-state index contributed by atoms with van der Waals surface area (Å²) in [5.41, 5.74) is 0.351. The van der Waals surface area contributed by atoms with Gasteiger partial charge in [-0.05, 0) is 37.0 Å². The van der Waals surface area contributed by atoms with Crippen molar-refractivity contribution in [3.05, 3.63) is 0 Å². The molecule has 0 aromatic carbocycles. The Balaban J connectivity index is 0.00000169. The van der Waals surface area contributed by atoms with Crippen molar-refractivity contribution in [1.29, 1.82) is 0 Å². The average Bonchev–Trinajstić information content (AvgIpc) is 2.03. The van der Waals surface area contributed by atoms with Crippen LogP contribution in [0, 0.1) is 17.3 Å². The molecule has 1 N–H and O–H groups in total. The maximum Gasteiger partial charge on any atom is 0.306 e. The summed E-state index contributed by atoms with van der Waals surface area (Å²) in [5.74, 6) is 0.0362. The molecule has 0 atom stereocenters. The van der Waals surface area contributed by atoms with Gasteiger partial charge >= 0.3 is 5.97 Å². The van der Waals surface area contributed by atoms with Gasteiger partial charge in [-0.3, -0.25) is 4.79 Å². The van der Waals surface area contributed by atoms with Crippen molar-refractivity contribution in [2.75, 3.05) is 0 Å². The van der Waals surface area contributed by atoms with Crippen LogP contribution >= 0.6 is 12.4 Å². The van der Waals surface area contributed by atoms with Gasteiger partial charge in [0.15, 0.2) is 0 Å². The van der Waals surface area contributed by atoms with E-state index >= 15 is 0 Å². The molecule has 0 heterocycles. The number of hydrogen-bond acceptors (Lipinski definition) is 1. The lowest BCUT2D eigenvalue weighted by Crippen LogP contribution is -2.28. The molecule has 0 aromatic rings. The highest BCUT2D eigenvalue weighted by Crippen LogP contribution is 2.39. The van der Waals surface area contributed by atoms with Crippen LogP contribution in [0.15, 0.2) is 0 Å². The second-order valence-electron chi connectivity index (χ2n) is 5.25. The van der Waals surface area contributed by atoms with Gasteiger partial charge in [-0.1, -0.05) is 20.8 Å². The van der Waals surface area contributed by atoms with E-state index in [9.17, 15) is 4.79 Å². The largest absolute Gasteiger partial charge is 0.481 e. The molecule has 3 heteroatoms. The van der Waals surface area contributed by atoms with Crippen molar-refractivity contribution in [3.8, 4) is 0 Å². The Morgan fingerprint density at radius 2 is 1.57 bits per heavy atom. The first-order chi connectivity index (χ1) is 5.91. The molecule has 1 aliphatic carbocycles. The van der Waals surface area contributed by atoms with Gasteiger partial charge in [0.25, 0.3) is 0 Å². The smallest absolute Gasteiger partial charge is 0.306 e. The first kappa shape index (κ1) is 13.8. The fraction of sp³-hybridized carbons (Fsp3) is 0.909. The fourth-order valence-corrected chi connectivity index (χ4v) is 2.21. The molecule has 2 nitrogen and oxygen atoms in total. The summed E-state index contributed by atoms with van der Waals surface area (Å²) in [5, 5.41) is 8.83. The predicted molar refractivity (Wildman–Crippen MR) is 59.8 cm³/mol. The molecule has 0 aromatic heterocycles. The van der Waals surface area contributed by atoms with E-state index < -0.39 is 5.97 Å². The molecule has 1 rings (SSSR count). The number of hydrogen-bond donors (Lipinski definition) is 1. The van der Waals surface area contributed by atoms with Crippen LogP contribution in [0.25, 0.3) is 0 Å². The van der Waals surface area contributed by atoms with Crippen molar-refractivity contribution in [1.82, 2.24) is 0 Å². The van der Waals surface area contributed by atoms with Crippen LogP contribution in [0.5, 0.6) is 0 Å². The number of carbonyl (C=O) groups is 1. The molecule has 0 amide bonds. The highest BCUT2D eigenvalue weighted by Gasteiger charge is 2.31. The normalized spacial score (nSPS) is 27.9. The summed E-state index contributed by atoms with van der Waals surface area (Å²) >= 11 is 0. The van der Waals surface area contributed by atoms with Gasteiger partial charge in [-0.15, -0.1) is 12.4 Å². The summed E-state index contributed by atoms with van der Waals surface area (Å²) in [6.07, 6.45) is 3.91. The molecular formula is C11H21ClO2. The summed E-state index contributed by atoms with van der Waals surface area (Å²) in [6.45, 7) is 6.75. The molecule has 0 aliphatic heterocycles. The molecular weight excluding hydrogens is 200 g/mol. The van der Waals surface area contributed by atoms with E-state index in [-0.39, 0.29) is 18.3 Å². The molecule has 0 radical (unpaired) electrons. The Hall–Kier alpha value is -0.240. The van der Waals surface area contributed by atoms with Crippen LogP contribution in [0.2, 0.25) is 0 Å². The Kier molecular flexibility index (Phi) is 4.93. The topological polar surface area (TPSA) is 37.3 Å². The van der Waals surface area contributed by atoms with Crippen molar-refractivity contribution < 1.29 is 9.90 Å². The number of carboxylic acids is 1. The second-order valence-corrected chi connectivity index (χ2v) is 5.25. The highest BCUT2D eigenvalue weighted by atomic mass is 35.5. The maximum absolute atomic E-state index is 10.7. The van der Waals surface area contributed by atoms with Gasteiger partial charge in [0.1, 0.15) is 0 Å². The minimum Gasteiger partial charge on any atom is -0.481 e. The molecule has 0 unspecified atom stereocenters. The molecule has 1 saturated carbocycles. The lowest BCUT2D eigenvalue weighted by molar-refractivity contribution is -0.143. The monoisotopic (exact) mass is 220 g/mol. The summed E-state index contributed by atoms with van der Waals surface area (Å²) < 4.78 is 0. The van der Waals surface area contributed by atoms with E-state index in [1.54, 1.807) is 0 Å². The summed E-state index contributed by atoms with van der Waals surface area (Å²) in [4.78, 5) is 10.7. The summed E-state index contributed by atoms with van der Waals surface area (Å²) in [6, 6.07) is 0. The number of aliphatic carboxylic acids is 1. The van der Waals surface area contributed by atoms with Gasteiger partial charge in [0, 0.05) is 0 Å². The zero-order valence-corrected chi connectivity index (χ0v) is 10.1. The molecule has 14 heavy (non-hydrogen) atoms. The molecule has 0 bridgehead atoms. The zero-order valence-electron chi connectivity index (χ0n) is 9.25. The van der Waals surface area contributed by atoms with Gasteiger partial charge in [-0.2, -0.15) is 0 Å². The quantitative estimate of drug-likeness (QED) is 0.736. The van der Waals surface area contributed by atoms with Crippen LogP contribution < -0.4 is 0 Å². The van der Waals surface area contributed by atoms with E-state index in [1.807, 2.05) is 0 Å². The molecule has 0 saturated heterocycles. The first-order valence-corrected chi connectivity index (χ1v) is 5.14. The van der Waals surface area contributed by atoms with Crippen molar-refractivity contribution in [2.24, 2.45) is 17.3 Å². The first-order valence-electron chi connectivity index (χ1n) is 5.14. The van der Waals surface area contributed by atoms with Crippen LogP contribution in [0.3, 0.4) is 0 Å². The van der Waals surface area contributed by atoms with Crippen molar-refractivity contribution >= 4 is 18.4 Å². The summed E-state index contributed by atoms with van der Waals surface area (Å²) in [7, 11) is 0. The lowest BCUT2D eigenvalue weighted by Gasteiger charge is -2.35. The van der Waals surface area contributed by atoms with Crippen molar-refractivity contribution in [2.45, 2.75) is 46.5 Å². The third-order valence-corrected chi connectivity index (χ3v) is 3.30. The highest BCUT2D eigenvalue weighted by molar-refractivity contribution is 5.85. The standard InChI is InChI=1S/C11H20O2.ClH/c1-11(2,3)9-6-4-8(5-7-9)10(12)13;/h8-9H,4-7H2,1-3H3,(H,12,13);1H. The van der Waals surface area contributed by atoms with Gasteiger partial charge < -0.3 is 5.11 Å². The van der Waals surface area contributed by atoms with Crippen LogP contribution in [-0.4, -0.2) is 11.1 Å². The number of carboxylic acid groups (broad SMARTS) is 1. The zero-order chi connectivity index (χ0) is 10.1. The maximum atomic E-state index is 10.7. The van der Waals surface area contributed by atoms with E-state index in [0.717, 1.165) is 25.7 Å². The predicted octanol–water partition coefficient (Wildman–Crippen LogP) is 3.35. The third-order valence-electron chi connectivity index (χ3n) is 3.30. The van der Waals surface area contributed by atoms with Crippen LogP contribution in [0.4, 0.5) is 0 Å². The average molecular weight is 221 g/mol. The minimum absolute atomic E-state index is 0. The molecule has 84 valence electrons. The van der Waals surface area contributed by atoms with Crippen molar-refractivity contribution in [3.63, 3.8) is 0 Å². The van der Waals surface area contributed by atoms with Gasteiger partial charge in [0.2, 0.25) is 0 Å². The van der Waals surface area contributed by atoms with E-state index in [2.05, 4.69) is 20.8 Å².